The van der Waals surface area contributed by atoms with Crippen LogP contribution in [-0.2, 0) is 4.74 Å². The van der Waals surface area contributed by atoms with Crippen molar-refractivity contribution in [1.82, 2.24) is 14.8 Å². The third kappa shape index (κ3) is 4.94. The molecule has 7 heteroatoms. The van der Waals surface area contributed by atoms with Gasteiger partial charge in [-0.25, -0.2) is 0 Å². The minimum absolute atomic E-state index is 0.0242. The molecule has 0 spiro atoms. The zero-order valence-corrected chi connectivity index (χ0v) is 19.6. The number of carbonyl (C=O) groups excluding carboxylic acids is 1. The lowest BCUT2D eigenvalue weighted by atomic mass is 10.0. The van der Waals surface area contributed by atoms with E-state index in [9.17, 15) is 4.79 Å². The summed E-state index contributed by atoms with van der Waals surface area (Å²) in [4.78, 5) is 15.6. The van der Waals surface area contributed by atoms with Gasteiger partial charge in [-0.2, -0.15) is 0 Å². The van der Waals surface area contributed by atoms with Crippen molar-refractivity contribution in [3.63, 3.8) is 0 Å². The SMILES string of the molecule is Cc1cc(C(=O)NCC(CC(C)C)N2CCOCC2)c(C)n1-c1ccc2c(c1)OCCO2. The lowest BCUT2D eigenvalue weighted by molar-refractivity contribution is 0.0124. The lowest BCUT2D eigenvalue weighted by Gasteiger charge is -2.35. The molecule has 1 aromatic carbocycles. The van der Waals surface area contributed by atoms with E-state index in [0.717, 1.165) is 61.3 Å². The van der Waals surface area contributed by atoms with Gasteiger partial charge in [0, 0.05) is 48.8 Å². The molecular formula is C25H35N3O4. The number of carbonyl (C=O) groups is 1. The summed E-state index contributed by atoms with van der Waals surface area (Å²) in [5.41, 5.74) is 3.61. The van der Waals surface area contributed by atoms with E-state index in [-0.39, 0.29) is 5.91 Å². The Labute approximate surface area is 190 Å². The number of benzene rings is 1. The molecule has 1 atom stereocenters. The van der Waals surface area contributed by atoms with Gasteiger partial charge < -0.3 is 24.1 Å². The number of fused-ring (bicyclic) bond motifs is 1. The Balaban J connectivity index is 1.49. The summed E-state index contributed by atoms with van der Waals surface area (Å²) in [5, 5.41) is 3.21. The Bertz CT molecular complexity index is 947. The molecule has 174 valence electrons. The molecule has 1 aromatic heterocycles. The van der Waals surface area contributed by atoms with E-state index in [2.05, 4.69) is 28.6 Å². The van der Waals surface area contributed by atoms with Crippen LogP contribution in [0.15, 0.2) is 24.3 Å². The maximum Gasteiger partial charge on any atom is 0.253 e. The number of hydrogen-bond acceptors (Lipinski definition) is 5. The van der Waals surface area contributed by atoms with Gasteiger partial charge in [-0.3, -0.25) is 9.69 Å². The van der Waals surface area contributed by atoms with Gasteiger partial charge in [0.15, 0.2) is 11.5 Å². The van der Waals surface area contributed by atoms with Crippen LogP contribution in [0.1, 0.15) is 42.0 Å². The molecule has 3 heterocycles. The van der Waals surface area contributed by atoms with E-state index in [1.807, 2.05) is 38.1 Å². The first kappa shape index (κ1) is 22.7. The molecular weight excluding hydrogens is 406 g/mol. The molecule has 2 aliphatic rings. The van der Waals surface area contributed by atoms with Crippen molar-refractivity contribution in [3.05, 3.63) is 41.2 Å². The van der Waals surface area contributed by atoms with Gasteiger partial charge in [-0.1, -0.05) is 13.8 Å². The molecule has 1 N–H and O–H groups in total. The second-order valence-corrected chi connectivity index (χ2v) is 9.09. The third-order valence-corrected chi connectivity index (χ3v) is 6.26. The van der Waals surface area contributed by atoms with Gasteiger partial charge in [0.2, 0.25) is 0 Å². The molecule has 7 nitrogen and oxygen atoms in total. The molecule has 1 amide bonds. The summed E-state index contributed by atoms with van der Waals surface area (Å²) >= 11 is 0. The number of morpholine rings is 1. The summed E-state index contributed by atoms with van der Waals surface area (Å²) in [5.74, 6) is 2.05. The Kier molecular flexibility index (Phi) is 7.06. The molecule has 4 rings (SSSR count). The van der Waals surface area contributed by atoms with Gasteiger partial charge in [0.25, 0.3) is 5.91 Å². The molecule has 0 radical (unpaired) electrons. The summed E-state index contributed by atoms with van der Waals surface area (Å²) in [6.07, 6.45) is 1.05. The first-order valence-corrected chi connectivity index (χ1v) is 11.6. The van der Waals surface area contributed by atoms with Crippen LogP contribution in [-0.4, -0.2) is 67.5 Å². The van der Waals surface area contributed by atoms with Crippen molar-refractivity contribution in [2.75, 3.05) is 46.1 Å². The minimum Gasteiger partial charge on any atom is -0.486 e. The fourth-order valence-corrected chi connectivity index (χ4v) is 4.72. The fraction of sp³-hybridized carbons (Fsp3) is 0.560. The van der Waals surface area contributed by atoms with Crippen molar-refractivity contribution in [3.8, 4) is 17.2 Å². The zero-order chi connectivity index (χ0) is 22.7. The second-order valence-electron chi connectivity index (χ2n) is 9.09. The van der Waals surface area contributed by atoms with Gasteiger partial charge in [-0.05, 0) is 44.4 Å². The van der Waals surface area contributed by atoms with Crippen LogP contribution in [0.3, 0.4) is 0 Å². The van der Waals surface area contributed by atoms with E-state index < -0.39 is 0 Å². The predicted octanol–water partition coefficient (Wildman–Crippen LogP) is 3.34. The van der Waals surface area contributed by atoms with Gasteiger partial charge in [0.05, 0.1) is 18.8 Å². The largest absolute Gasteiger partial charge is 0.486 e. The third-order valence-electron chi connectivity index (χ3n) is 6.26. The number of rotatable bonds is 7. The standard InChI is InChI=1S/C25H35N3O4/c1-17(2)13-21(27-7-9-30-10-8-27)16-26-25(29)22-14-18(3)28(19(22)4)20-5-6-23-24(15-20)32-12-11-31-23/h5-6,14-15,17,21H,7-13,16H2,1-4H3,(H,26,29). The number of aryl methyl sites for hydroxylation is 1. The average Bonchev–Trinajstić information content (AvgIpc) is 3.10. The Morgan fingerprint density at radius 3 is 2.47 bits per heavy atom. The average molecular weight is 442 g/mol. The van der Waals surface area contributed by atoms with E-state index in [1.165, 1.54) is 0 Å². The van der Waals surface area contributed by atoms with Crippen LogP contribution in [0.4, 0.5) is 0 Å². The zero-order valence-electron chi connectivity index (χ0n) is 19.6. The minimum atomic E-state index is -0.0242. The smallest absolute Gasteiger partial charge is 0.253 e. The molecule has 0 bridgehead atoms. The van der Waals surface area contributed by atoms with Crippen LogP contribution >= 0.6 is 0 Å². The number of nitrogens with one attached hydrogen (secondary N) is 1. The Hall–Kier alpha value is -2.51. The molecule has 2 aromatic rings. The molecule has 1 unspecified atom stereocenters. The highest BCUT2D eigenvalue weighted by molar-refractivity contribution is 5.96. The summed E-state index contributed by atoms with van der Waals surface area (Å²) in [6.45, 7) is 13.6. The summed E-state index contributed by atoms with van der Waals surface area (Å²) in [6, 6.07) is 8.21. The van der Waals surface area contributed by atoms with Gasteiger partial charge in [-0.15, -0.1) is 0 Å². The van der Waals surface area contributed by atoms with Gasteiger partial charge in [0.1, 0.15) is 13.2 Å². The van der Waals surface area contributed by atoms with Crippen LogP contribution < -0.4 is 14.8 Å². The highest BCUT2D eigenvalue weighted by atomic mass is 16.6. The van der Waals surface area contributed by atoms with Crippen LogP contribution in [0.5, 0.6) is 11.5 Å². The van der Waals surface area contributed by atoms with Crippen molar-refractivity contribution in [2.45, 2.75) is 40.2 Å². The van der Waals surface area contributed by atoms with Crippen LogP contribution in [0, 0.1) is 19.8 Å². The summed E-state index contributed by atoms with van der Waals surface area (Å²) in [7, 11) is 0. The fourth-order valence-electron chi connectivity index (χ4n) is 4.72. The quantitative estimate of drug-likeness (QED) is 0.714. The van der Waals surface area contributed by atoms with Crippen molar-refractivity contribution in [2.24, 2.45) is 5.92 Å². The molecule has 32 heavy (non-hydrogen) atoms. The lowest BCUT2D eigenvalue weighted by Crippen LogP contribution is -2.49. The molecule has 2 aliphatic heterocycles. The Morgan fingerprint density at radius 1 is 1.03 bits per heavy atom. The van der Waals surface area contributed by atoms with E-state index >= 15 is 0 Å². The number of ether oxygens (including phenoxy) is 3. The predicted molar refractivity (Wildman–Crippen MR) is 124 cm³/mol. The molecule has 1 fully saturated rings. The molecule has 0 aliphatic carbocycles. The first-order chi connectivity index (χ1) is 15.4. The normalized spacial score (nSPS) is 17.4. The van der Waals surface area contributed by atoms with Crippen molar-refractivity contribution in [1.29, 1.82) is 0 Å². The Morgan fingerprint density at radius 2 is 1.75 bits per heavy atom. The summed E-state index contributed by atoms with van der Waals surface area (Å²) < 4.78 is 19.0. The number of amides is 1. The second kappa shape index (κ2) is 9.96. The van der Waals surface area contributed by atoms with Gasteiger partial charge >= 0.3 is 0 Å². The van der Waals surface area contributed by atoms with E-state index in [4.69, 9.17) is 14.2 Å². The van der Waals surface area contributed by atoms with Crippen molar-refractivity contribution < 1.29 is 19.0 Å². The topological polar surface area (TPSA) is 65.0 Å². The van der Waals surface area contributed by atoms with Crippen LogP contribution in [0.2, 0.25) is 0 Å². The van der Waals surface area contributed by atoms with E-state index in [0.29, 0.717) is 37.3 Å². The van der Waals surface area contributed by atoms with Crippen LogP contribution in [0.25, 0.3) is 5.69 Å². The number of hydrogen-bond donors (Lipinski definition) is 1. The highest BCUT2D eigenvalue weighted by Gasteiger charge is 2.24. The molecule has 1 saturated heterocycles. The highest BCUT2D eigenvalue weighted by Crippen LogP contribution is 2.33. The van der Waals surface area contributed by atoms with E-state index in [1.54, 1.807) is 0 Å². The van der Waals surface area contributed by atoms with Crippen molar-refractivity contribution >= 4 is 5.91 Å². The maximum absolute atomic E-state index is 13.2. The first-order valence-electron chi connectivity index (χ1n) is 11.6. The number of nitrogens with zero attached hydrogens (tertiary/aromatic N) is 2. The monoisotopic (exact) mass is 441 g/mol. The number of aromatic nitrogens is 1. The molecule has 0 saturated carbocycles. The maximum atomic E-state index is 13.2.